The summed E-state index contributed by atoms with van der Waals surface area (Å²) in [5, 5.41) is 2.02. The molecular formula is C34H56N2O5. The number of rotatable bonds is 12. The van der Waals surface area contributed by atoms with Crippen molar-refractivity contribution in [3.63, 3.8) is 0 Å². The number of para-hydroxylation sites is 1. The van der Waals surface area contributed by atoms with Gasteiger partial charge in [0.1, 0.15) is 12.2 Å². The van der Waals surface area contributed by atoms with Crippen LogP contribution < -0.4 is 4.90 Å². The van der Waals surface area contributed by atoms with Crippen LogP contribution >= 0.6 is 0 Å². The van der Waals surface area contributed by atoms with Crippen molar-refractivity contribution in [2.75, 3.05) is 11.5 Å². The number of nitrogens with zero attached hydrogens (tertiary/aromatic N) is 2. The summed E-state index contributed by atoms with van der Waals surface area (Å²) in [6.45, 7) is 20.2. The van der Waals surface area contributed by atoms with Crippen molar-refractivity contribution >= 4 is 17.6 Å². The Labute approximate surface area is 249 Å². The number of hydrogen-bond donors (Lipinski definition) is 0. The lowest BCUT2D eigenvalue weighted by Gasteiger charge is -2.49. The third kappa shape index (κ3) is 8.47. The maximum absolute atomic E-state index is 12.8. The summed E-state index contributed by atoms with van der Waals surface area (Å²) in [5.74, 6) is -0.313. The topological polar surface area (TPSA) is 68.3 Å². The van der Waals surface area contributed by atoms with Crippen LogP contribution in [-0.4, -0.2) is 58.0 Å². The molecular weight excluding hydrogens is 516 g/mol. The van der Waals surface area contributed by atoms with Crippen LogP contribution in [0, 0.1) is 0 Å². The highest BCUT2D eigenvalue weighted by molar-refractivity contribution is 5.70. The number of anilines is 1. The molecule has 2 aliphatic rings. The van der Waals surface area contributed by atoms with E-state index in [1.807, 2.05) is 11.1 Å². The summed E-state index contributed by atoms with van der Waals surface area (Å²) in [5.41, 5.74) is 0.402. The van der Waals surface area contributed by atoms with Gasteiger partial charge >= 0.3 is 11.9 Å². The first-order valence-corrected chi connectivity index (χ1v) is 15.8. The number of hydroxylamine groups is 2. The van der Waals surface area contributed by atoms with Gasteiger partial charge in [-0.1, -0.05) is 31.5 Å². The highest BCUT2D eigenvalue weighted by atomic mass is 16.7. The van der Waals surface area contributed by atoms with E-state index >= 15 is 0 Å². The van der Waals surface area contributed by atoms with Gasteiger partial charge < -0.3 is 14.4 Å². The second-order valence-electron chi connectivity index (χ2n) is 14.5. The van der Waals surface area contributed by atoms with Gasteiger partial charge in [-0.3, -0.25) is 14.4 Å². The van der Waals surface area contributed by atoms with Gasteiger partial charge in [0.15, 0.2) is 0 Å². The van der Waals surface area contributed by atoms with Gasteiger partial charge in [-0.05, 0) is 99.6 Å². The van der Waals surface area contributed by atoms with Crippen LogP contribution in [0.4, 0.5) is 5.69 Å². The number of ether oxygens (including phenoxy) is 2. The van der Waals surface area contributed by atoms with Crippen LogP contribution in [0.25, 0.3) is 0 Å². The van der Waals surface area contributed by atoms with Crippen molar-refractivity contribution in [2.45, 2.75) is 161 Å². The molecule has 2 saturated heterocycles. The minimum Gasteiger partial charge on any atom is -0.462 e. The Morgan fingerprint density at radius 1 is 0.805 bits per heavy atom. The van der Waals surface area contributed by atoms with Crippen molar-refractivity contribution in [3.8, 4) is 0 Å². The van der Waals surface area contributed by atoms with Gasteiger partial charge in [0.05, 0.1) is 12.1 Å². The van der Waals surface area contributed by atoms with E-state index in [0.717, 1.165) is 38.5 Å². The fourth-order valence-electron chi connectivity index (χ4n) is 7.16. The quantitative estimate of drug-likeness (QED) is 0.189. The fourth-order valence-corrected chi connectivity index (χ4v) is 7.16. The Hall–Kier alpha value is -2.12. The number of hydrogen-bond acceptors (Lipinski definition) is 7. The summed E-state index contributed by atoms with van der Waals surface area (Å²) in [7, 11) is 0. The highest BCUT2D eigenvalue weighted by Gasteiger charge is 2.54. The first-order chi connectivity index (χ1) is 19.1. The molecule has 1 aromatic carbocycles. The minimum absolute atomic E-state index is 0.0507. The van der Waals surface area contributed by atoms with Crippen molar-refractivity contribution in [2.24, 2.45) is 0 Å². The normalized spacial score (nSPS) is 25.0. The summed E-state index contributed by atoms with van der Waals surface area (Å²) < 4.78 is 11.9. The molecule has 2 heterocycles. The lowest BCUT2D eigenvalue weighted by Crippen LogP contribution is -2.55. The largest absolute Gasteiger partial charge is 0.462 e. The van der Waals surface area contributed by atoms with Crippen LogP contribution in [0.15, 0.2) is 30.3 Å². The molecule has 0 amide bonds. The SMILES string of the molecule is CCCON1C(C)(C)CC(OC(=O)CCCCCC(=O)OC2CCC(C)(C)N(c3ccccc3)C(C)(C)C2)C1(C)C. The standard InChI is InChI=1S/C34H56N2O5/c1-10-23-39-36-33(6,7)25-28(34(36,8)9)41-30(38)20-16-12-15-19-29(37)40-27-21-22-31(2,3)35(32(4,5)24-27)26-17-13-11-14-18-26/h11,13-14,17-18,27-28H,10,12,15-16,19-25H2,1-9H3. The predicted octanol–water partition coefficient (Wildman–Crippen LogP) is 7.61. The predicted molar refractivity (Wildman–Crippen MR) is 165 cm³/mol. The molecule has 0 saturated carbocycles. The first kappa shape index (κ1) is 33.4. The summed E-state index contributed by atoms with van der Waals surface area (Å²) in [6.07, 6.45) is 6.89. The molecule has 2 atom stereocenters. The van der Waals surface area contributed by atoms with E-state index in [4.69, 9.17) is 14.3 Å². The van der Waals surface area contributed by atoms with E-state index in [0.29, 0.717) is 32.3 Å². The van der Waals surface area contributed by atoms with Gasteiger partial charge in [-0.2, -0.15) is 5.06 Å². The van der Waals surface area contributed by atoms with E-state index in [1.165, 1.54) is 5.69 Å². The van der Waals surface area contributed by atoms with Crippen molar-refractivity contribution in [1.82, 2.24) is 5.06 Å². The number of esters is 2. The lowest BCUT2D eigenvalue weighted by molar-refractivity contribution is -0.248. The number of unbranched alkanes of at least 4 members (excludes halogenated alkanes) is 2. The zero-order valence-corrected chi connectivity index (χ0v) is 27.3. The molecule has 2 aliphatic heterocycles. The molecule has 0 spiro atoms. The van der Waals surface area contributed by atoms with Crippen molar-refractivity contribution in [1.29, 1.82) is 0 Å². The molecule has 2 fully saturated rings. The van der Waals surface area contributed by atoms with Crippen LogP contribution in [0.5, 0.6) is 0 Å². The smallest absolute Gasteiger partial charge is 0.306 e. The van der Waals surface area contributed by atoms with Crippen molar-refractivity contribution in [3.05, 3.63) is 30.3 Å². The molecule has 3 rings (SSSR count). The van der Waals surface area contributed by atoms with Gasteiger partial charge in [0.2, 0.25) is 0 Å². The van der Waals surface area contributed by atoms with E-state index in [1.54, 1.807) is 0 Å². The van der Waals surface area contributed by atoms with Gasteiger partial charge in [-0.25, -0.2) is 0 Å². The van der Waals surface area contributed by atoms with Gasteiger partial charge in [0.25, 0.3) is 0 Å². The Morgan fingerprint density at radius 3 is 2.02 bits per heavy atom. The van der Waals surface area contributed by atoms with E-state index in [9.17, 15) is 9.59 Å². The zero-order valence-electron chi connectivity index (χ0n) is 27.3. The molecule has 7 nitrogen and oxygen atoms in total. The minimum atomic E-state index is -0.391. The van der Waals surface area contributed by atoms with Crippen LogP contribution in [-0.2, 0) is 23.9 Å². The molecule has 0 N–H and O–H groups in total. The van der Waals surface area contributed by atoms with E-state index in [2.05, 4.69) is 91.5 Å². The molecule has 0 aromatic heterocycles. The Morgan fingerprint density at radius 2 is 1.41 bits per heavy atom. The molecule has 232 valence electrons. The molecule has 0 radical (unpaired) electrons. The number of benzene rings is 1. The molecule has 0 aliphatic carbocycles. The highest BCUT2D eigenvalue weighted by Crippen LogP contribution is 2.43. The average Bonchev–Trinajstić information content (AvgIpc) is 2.96. The maximum Gasteiger partial charge on any atom is 0.306 e. The van der Waals surface area contributed by atoms with Gasteiger partial charge in [0, 0.05) is 48.0 Å². The summed E-state index contributed by atoms with van der Waals surface area (Å²) >= 11 is 0. The van der Waals surface area contributed by atoms with Gasteiger partial charge in [-0.15, -0.1) is 0 Å². The van der Waals surface area contributed by atoms with E-state index < -0.39 is 5.54 Å². The lowest BCUT2D eigenvalue weighted by atomic mass is 9.90. The number of carbonyl (C=O) groups is 2. The summed E-state index contributed by atoms with van der Waals surface area (Å²) in [6, 6.07) is 10.5. The molecule has 0 bridgehead atoms. The van der Waals surface area contributed by atoms with Crippen LogP contribution in [0.2, 0.25) is 0 Å². The van der Waals surface area contributed by atoms with Crippen molar-refractivity contribution < 1.29 is 23.9 Å². The zero-order chi connectivity index (χ0) is 30.5. The second kappa shape index (κ2) is 13.5. The maximum atomic E-state index is 12.8. The average molecular weight is 573 g/mol. The Bertz CT molecular complexity index is 1000. The van der Waals surface area contributed by atoms with Crippen LogP contribution in [0.3, 0.4) is 0 Å². The molecule has 7 heteroatoms. The molecule has 1 aromatic rings. The summed E-state index contributed by atoms with van der Waals surface area (Å²) in [4.78, 5) is 34.0. The molecule has 2 unspecified atom stereocenters. The third-order valence-electron chi connectivity index (χ3n) is 8.83. The molecule has 41 heavy (non-hydrogen) atoms. The fraction of sp³-hybridized carbons (Fsp3) is 0.765. The van der Waals surface area contributed by atoms with E-state index in [-0.39, 0.29) is 40.8 Å². The van der Waals surface area contributed by atoms with Crippen LogP contribution in [0.1, 0.15) is 127 Å². The third-order valence-corrected chi connectivity index (χ3v) is 8.83. The Balaban J connectivity index is 1.41. The first-order valence-electron chi connectivity index (χ1n) is 15.8. The number of carbonyl (C=O) groups excluding carboxylic acids is 2. The second-order valence-corrected chi connectivity index (χ2v) is 14.5. The Kier molecular flexibility index (Phi) is 11.0. The monoisotopic (exact) mass is 572 g/mol.